The molecule has 1 aromatic carbocycles. The van der Waals surface area contributed by atoms with Crippen molar-refractivity contribution in [2.75, 3.05) is 6.54 Å². The monoisotopic (exact) mass is 247 g/mol. The summed E-state index contributed by atoms with van der Waals surface area (Å²) in [5, 5.41) is 9.41. The molecule has 1 saturated heterocycles. The lowest BCUT2D eigenvalue weighted by Gasteiger charge is -2.45. The lowest BCUT2D eigenvalue weighted by Crippen LogP contribution is -2.55. The van der Waals surface area contributed by atoms with Crippen LogP contribution in [0.1, 0.15) is 38.2 Å². The number of carbonyl (C=O) groups is 1. The third-order valence-corrected chi connectivity index (χ3v) is 4.11. The van der Waals surface area contributed by atoms with Crippen molar-refractivity contribution in [2.24, 2.45) is 0 Å². The van der Waals surface area contributed by atoms with Crippen LogP contribution in [0.3, 0.4) is 0 Å². The molecule has 0 radical (unpaired) electrons. The van der Waals surface area contributed by atoms with Crippen LogP contribution in [0.4, 0.5) is 4.79 Å². The number of likely N-dealkylation sites (tertiary alicyclic amines) is 1. The first-order valence-electron chi connectivity index (χ1n) is 6.72. The quantitative estimate of drug-likeness (QED) is 0.887. The molecule has 1 N–H and O–H groups in total. The second-order valence-electron chi connectivity index (χ2n) is 5.13. The molecule has 1 fully saturated rings. The molecular weight excluding hydrogens is 226 g/mol. The fourth-order valence-electron chi connectivity index (χ4n) is 3.05. The Bertz CT molecular complexity index is 404. The summed E-state index contributed by atoms with van der Waals surface area (Å²) in [7, 11) is 0. The molecule has 0 spiro atoms. The Balaban J connectivity index is 2.24. The van der Waals surface area contributed by atoms with Crippen molar-refractivity contribution in [3.63, 3.8) is 0 Å². The van der Waals surface area contributed by atoms with Gasteiger partial charge >= 0.3 is 6.09 Å². The molecule has 1 amide bonds. The van der Waals surface area contributed by atoms with Crippen LogP contribution in [0.25, 0.3) is 0 Å². The van der Waals surface area contributed by atoms with Gasteiger partial charge in [0.2, 0.25) is 0 Å². The summed E-state index contributed by atoms with van der Waals surface area (Å²) in [5.41, 5.74) is 1.03. The zero-order chi connectivity index (χ0) is 13.0. The molecule has 1 unspecified atom stereocenters. The molecule has 1 aliphatic heterocycles. The van der Waals surface area contributed by atoms with Gasteiger partial charge < -0.3 is 10.0 Å². The normalized spacial score (nSPS) is 23.9. The van der Waals surface area contributed by atoms with E-state index in [0.29, 0.717) is 6.54 Å². The van der Waals surface area contributed by atoms with Crippen LogP contribution >= 0.6 is 0 Å². The highest BCUT2D eigenvalue weighted by atomic mass is 16.4. The Morgan fingerprint density at radius 2 is 2.06 bits per heavy atom. The maximum absolute atomic E-state index is 11.4. The lowest BCUT2D eigenvalue weighted by molar-refractivity contribution is 0.0440. The smallest absolute Gasteiger partial charge is 0.407 e. The number of carboxylic acid groups (broad SMARTS) is 1. The summed E-state index contributed by atoms with van der Waals surface area (Å²) in [4.78, 5) is 13.1. The Hall–Kier alpha value is -1.51. The molecule has 1 heterocycles. The number of hydrogen-bond acceptors (Lipinski definition) is 1. The van der Waals surface area contributed by atoms with Crippen LogP contribution < -0.4 is 0 Å². The third kappa shape index (κ3) is 2.50. The van der Waals surface area contributed by atoms with Gasteiger partial charge in [-0.1, -0.05) is 37.3 Å². The van der Waals surface area contributed by atoms with E-state index in [-0.39, 0.29) is 5.54 Å². The molecule has 0 aliphatic carbocycles. The SMILES string of the molecule is CCC1(Cc2ccccc2)CCCCN1C(=O)O. The average molecular weight is 247 g/mol. The van der Waals surface area contributed by atoms with E-state index in [2.05, 4.69) is 19.1 Å². The maximum atomic E-state index is 11.4. The number of nitrogens with zero attached hydrogens (tertiary/aromatic N) is 1. The van der Waals surface area contributed by atoms with E-state index >= 15 is 0 Å². The van der Waals surface area contributed by atoms with Crippen molar-refractivity contribution in [3.05, 3.63) is 35.9 Å². The van der Waals surface area contributed by atoms with Gasteiger partial charge in [-0.25, -0.2) is 4.79 Å². The van der Waals surface area contributed by atoms with Gasteiger partial charge in [0.25, 0.3) is 0 Å². The van der Waals surface area contributed by atoms with Crippen LogP contribution in [-0.4, -0.2) is 28.2 Å². The van der Waals surface area contributed by atoms with Gasteiger partial charge in [-0.15, -0.1) is 0 Å². The van der Waals surface area contributed by atoms with Crippen LogP contribution in [-0.2, 0) is 6.42 Å². The standard InChI is InChI=1S/C15H21NO2/c1-2-15(12-13-8-4-3-5-9-13)10-6-7-11-16(15)14(17)18/h3-5,8-9H,2,6-7,10-12H2,1H3,(H,17,18). The van der Waals surface area contributed by atoms with Crippen molar-refractivity contribution in [3.8, 4) is 0 Å². The number of rotatable bonds is 3. The molecule has 1 aliphatic rings. The first kappa shape index (κ1) is 12.9. The topological polar surface area (TPSA) is 40.5 Å². The predicted molar refractivity (Wildman–Crippen MR) is 71.7 cm³/mol. The maximum Gasteiger partial charge on any atom is 0.407 e. The van der Waals surface area contributed by atoms with Crippen LogP contribution in [0, 0.1) is 0 Å². The molecule has 0 aromatic heterocycles. The van der Waals surface area contributed by atoms with Crippen LogP contribution in [0.5, 0.6) is 0 Å². The summed E-state index contributed by atoms with van der Waals surface area (Å²) in [6, 6.07) is 10.2. The predicted octanol–water partition coefficient (Wildman–Crippen LogP) is 3.54. The Morgan fingerprint density at radius 1 is 1.33 bits per heavy atom. The van der Waals surface area contributed by atoms with Crippen LogP contribution in [0.15, 0.2) is 30.3 Å². The zero-order valence-corrected chi connectivity index (χ0v) is 10.9. The molecule has 18 heavy (non-hydrogen) atoms. The second-order valence-corrected chi connectivity index (χ2v) is 5.13. The van der Waals surface area contributed by atoms with E-state index in [0.717, 1.165) is 32.1 Å². The minimum atomic E-state index is -0.771. The molecule has 0 bridgehead atoms. The first-order valence-corrected chi connectivity index (χ1v) is 6.72. The molecule has 0 saturated carbocycles. The average Bonchev–Trinajstić information content (AvgIpc) is 2.40. The highest BCUT2D eigenvalue weighted by Crippen LogP contribution is 2.34. The van der Waals surface area contributed by atoms with Crippen molar-refractivity contribution in [1.29, 1.82) is 0 Å². The highest BCUT2D eigenvalue weighted by molar-refractivity contribution is 5.66. The first-order chi connectivity index (χ1) is 8.68. The van der Waals surface area contributed by atoms with Gasteiger partial charge in [0.1, 0.15) is 0 Å². The van der Waals surface area contributed by atoms with Gasteiger partial charge in [-0.05, 0) is 37.7 Å². The van der Waals surface area contributed by atoms with Gasteiger partial charge in [-0.2, -0.15) is 0 Å². The summed E-state index contributed by atoms with van der Waals surface area (Å²) in [5.74, 6) is 0. The zero-order valence-electron chi connectivity index (χ0n) is 10.9. The largest absolute Gasteiger partial charge is 0.465 e. The third-order valence-electron chi connectivity index (χ3n) is 4.11. The van der Waals surface area contributed by atoms with E-state index in [1.54, 1.807) is 4.90 Å². The Morgan fingerprint density at radius 3 is 2.67 bits per heavy atom. The minimum absolute atomic E-state index is 0.203. The summed E-state index contributed by atoms with van der Waals surface area (Å²) in [6.45, 7) is 2.78. The van der Waals surface area contributed by atoms with Crippen molar-refractivity contribution >= 4 is 6.09 Å². The fourth-order valence-corrected chi connectivity index (χ4v) is 3.05. The number of amides is 1. The van der Waals surface area contributed by atoms with E-state index in [1.807, 2.05) is 18.2 Å². The summed E-state index contributed by atoms with van der Waals surface area (Å²) >= 11 is 0. The van der Waals surface area contributed by atoms with E-state index in [9.17, 15) is 9.90 Å². The van der Waals surface area contributed by atoms with Crippen molar-refractivity contribution < 1.29 is 9.90 Å². The number of hydrogen-bond donors (Lipinski definition) is 1. The number of piperidine rings is 1. The van der Waals surface area contributed by atoms with E-state index in [1.165, 1.54) is 5.56 Å². The molecule has 1 atom stereocenters. The fraction of sp³-hybridized carbons (Fsp3) is 0.533. The van der Waals surface area contributed by atoms with Crippen molar-refractivity contribution in [1.82, 2.24) is 4.90 Å². The van der Waals surface area contributed by atoms with E-state index < -0.39 is 6.09 Å². The molecular formula is C15H21NO2. The lowest BCUT2D eigenvalue weighted by atomic mass is 9.79. The molecule has 1 aromatic rings. The summed E-state index contributed by atoms with van der Waals surface area (Å²) < 4.78 is 0. The Kier molecular flexibility index (Phi) is 3.90. The van der Waals surface area contributed by atoms with Gasteiger partial charge in [-0.3, -0.25) is 0 Å². The van der Waals surface area contributed by atoms with Gasteiger partial charge in [0, 0.05) is 12.1 Å². The second kappa shape index (κ2) is 5.42. The molecule has 3 heteroatoms. The van der Waals surface area contributed by atoms with Gasteiger partial charge in [0.15, 0.2) is 0 Å². The summed E-state index contributed by atoms with van der Waals surface area (Å²) in [6.07, 6.45) is 4.04. The number of benzene rings is 1. The minimum Gasteiger partial charge on any atom is -0.465 e. The van der Waals surface area contributed by atoms with Crippen molar-refractivity contribution in [2.45, 2.75) is 44.6 Å². The van der Waals surface area contributed by atoms with E-state index in [4.69, 9.17) is 0 Å². The van der Waals surface area contributed by atoms with Gasteiger partial charge in [0.05, 0.1) is 0 Å². The van der Waals surface area contributed by atoms with Crippen LogP contribution in [0.2, 0.25) is 0 Å². The molecule has 2 rings (SSSR count). The molecule has 3 nitrogen and oxygen atoms in total. The highest BCUT2D eigenvalue weighted by Gasteiger charge is 2.40. The Labute approximate surface area is 108 Å². The molecule has 98 valence electrons.